The Bertz CT molecular complexity index is 839. The Balaban J connectivity index is 1.92. The lowest BCUT2D eigenvalue weighted by atomic mass is 10.2. The van der Waals surface area contributed by atoms with E-state index in [2.05, 4.69) is 15.4 Å². The Hall–Kier alpha value is -2.67. The van der Waals surface area contributed by atoms with Crippen LogP contribution in [0.1, 0.15) is 20.8 Å². The van der Waals surface area contributed by atoms with Gasteiger partial charge in [-0.1, -0.05) is 19.9 Å². The summed E-state index contributed by atoms with van der Waals surface area (Å²) in [5.41, 5.74) is 1.61. The van der Waals surface area contributed by atoms with E-state index in [4.69, 9.17) is 4.74 Å². The summed E-state index contributed by atoms with van der Waals surface area (Å²) in [4.78, 5) is 17.3. The zero-order valence-corrected chi connectivity index (χ0v) is 15.2. The van der Waals surface area contributed by atoms with Crippen LogP contribution in [0.5, 0.6) is 6.01 Å². The molecule has 0 spiro atoms. The maximum Gasteiger partial charge on any atom is 0.336 e. The number of nitrogens with zero attached hydrogens (tertiary/aromatic N) is 3. The van der Waals surface area contributed by atoms with Gasteiger partial charge in [-0.25, -0.2) is 4.68 Å². The molecule has 0 saturated carbocycles. The quantitative estimate of drug-likeness (QED) is 0.725. The van der Waals surface area contributed by atoms with Gasteiger partial charge in [0, 0.05) is 11.6 Å². The van der Waals surface area contributed by atoms with Crippen LogP contribution in [0, 0.1) is 5.92 Å². The molecule has 0 bridgehead atoms. The second-order valence-corrected chi connectivity index (χ2v) is 6.68. The molecule has 1 amide bonds. The number of anilines is 1. The minimum atomic E-state index is -0.0610. The third kappa shape index (κ3) is 3.88. The van der Waals surface area contributed by atoms with E-state index in [1.165, 1.54) is 0 Å². The number of rotatable bonds is 6. The Morgan fingerprint density at radius 3 is 2.64 bits per heavy atom. The first-order valence-corrected chi connectivity index (χ1v) is 9.01. The molecule has 0 aliphatic heterocycles. The minimum Gasteiger partial charge on any atom is -0.463 e. The van der Waals surface area contributed by atoms with Crippen LogP contribution in [0.3, 0.4) is 0 Å². The molecule has 0 unspecified atom stereocenters. The Morgan fingerprint density at radius 1 is 1.28 bits per heavy atom. The lowest BCUT2D eigenvalue weighted by Crippen LogP contribution is -2.17. The third-order valence-corrected chi connectivity index (χ3v) is 4.37. The van der Waals surface area contributed by atoms with Gasteiger partial charge in [0.2, 0.25) is 5.91 Å². The van der Waals surface area contributed by atoms with Crippen molar-refractivity contribution in [3.63, 3.8) is 0 Å². The normalized spacial score (nSPS) is 10.9. The summed E-state index contributed by atoms with van der Waals surface area (Å²) in [6.07, 6.45) is 0. The highest BCUT2D eigenvalue weighted by atomic mass is 32.1. The summed E-state index contributed by atoms with van der Waals surface area (Å²) in [5, 5.41) is 9.33. The molecule has 6 nitrogen and oxygen atoms in total. The van der Waals surface area contributed by atoms with Gasteiger partial charge in [-0.3, -0.25) is 4.79 Å². The van der Waals surface area contributed by atoms with Gasteiger partial charge in [0.1, 0.15) is 0 Å². The summed E-state index contributed by atoms with van der Waals surface area (Å²) in [6, 6.07) is 11.8. The second kappa shape index (κ2) is 7.48. The summed E-state index contributed by atoms with van der Waals surface area (Å²) in [5.74, 6) is 0.665. The molecule has 0 radical (unpaired) electrons. The van der Waals surface area contributed by atoms with Crippen LogP contribution in [-0.2, 0) is 4.79 Å². The van der Waals surface area contributed by atoms with Crippen LogP contribution in [0.15, 0.2) is 41.8 Å². The summed E-state index contributed by atoms with van der Waals surface area (Å²) in [6.45, 7) is 6.13. The van der Waals surface area contributed by atoms with Gasteiger partial charge in [0.15, 0.2) is 5.82 Å². The molecule has 7 heteroatoms. The van der Waals surface area contributed by atoms with Crippen molar-refractivity contribution < 1.29 is 9.53 Å². The van der Waals surface area contributed by atoms with E-state index in [9.17, 15) is 4.79 Å². The summed E-state index contributed by atoms with van der Waals surface area (Å²) < 4.78 is 7.21. The SMILES string of the molecule is CCOc1nc(-c2cccs2)n(-c2ccc(NC(=O)C(C)C)cc2)n1. The van der Waals surface area contributed by atoms with Crippen LogP contribution in [0.2, 0.25) is 0 Å². The number of carbonyl (C=O) groups is 1. The fraction of sp³-hybridized carbons (Fsp3) is 0.278. The van der Waals surface area contributed by atoms with Gasteiger partial charge >= 0.3 is 6.01 Å². The number of hydrogen-bond acceptors (Lipinski definition) is 5. The van der Waals surface area contributed by atoms with Gasteiger partial charge in [0.25, 0.3) is 0 Å². The molecule has 1 N–H and O–H groups in total. The lowest BCUT2D eigenvalue weighted by molar-refractivity contribution is -0.118. The van der Waals surface area contributed by atoms with Crippen LogP contribution >= 0.6 is 11.3 Å². The second-order valence-electron chi connectivity index (χ2n) is 5.73. The average Bonchev–Trinajstić information content (AvgIpc) is 3.25. The molecule has 3 aromatic rings. The van der Waals surface area contributed by atoms with Crippen LogP contribution in [0.4, 0.5) is 5.69 Å². The van der Waals surface area contributed by atoms with Gasteiger partial charge in [-0.15, -0.1) is 16.4 Å². The van der Waals surface area contributed by atoms with Crippen molar-refractivity contribution in [3.05, 3.63) is 41.8 Å². The van der Waals surface area contributed by atoms with Crippen LogP contribution < -0.4 is 10.1 Å². The maximum absolute atomic E-state index is 11.8. The Morgan fingerprint density at radius 2 is 2.04 bits per heavy atom. The van der Waals surface area contributed by atoms with Crippen molar-refractivity contribution in [2.75, 3.05) is 11.9 Å². The predicted molar refractivity (Wildman–Crippen MR) is 99.3 cm³/mol. The molecular weight excluding hydrogens is 336 g/mol. The molecular formula is C18H20N4O2S. The topological polar surface area (TPSA) is 69.0 Å². The number of benzene rings is 1. The number of thiophene rings is 1. The lowest BCUT2D eigenvalue weighted by Gasteiger charge is -2.09. The fourth-order valence-corrected chi connectivity index (χ4v) is 2.90. The molecule has 2 heterocycles. The molecule has 2 aromatic heterocycles. The van der Waals surface area contributed by atoms with Crippen molar-refractivity contribution in [2.45, 2.75) is 20.8 Å². The van der Waals surface area contributed by atoms with Crippen LogP contribution in [-0.4, -0.2) is 27.3 Å². The molecule has 0 atom stereocenters. The molecule has 25 heavy (non-hydrogen) atoms. The van der Waals surface area contributed by atoms with E-state index in [1.807, 2.05) is 62.5 Å². The van der Waals surface area contributed by atoms with Gasteiger partial charge in [-0.2, -0.15) is 4.98 Å². The molecule has 0 aliphatic rings. The number of nitrogens with one attached hydrogen (secondary N) is 1. The highest BCUT2D eigenvalue weighted by Gasteiger charge is 2.15. The van der Waals surface area contributed by atoms with E-state index in [0.29, 0.717) is 12.6 Å². The van der Waals surface area contributed by atoms with Crippen molar-refractivity contribution in [2.24, 2.45) is 5.92 Å². The summed E-state index contributed by atoms with van der Waals surface area (Å²) in [7, 11) is 0. The third-order valence-electron chi connectivity index (χ3n) is 3.51. The van der Waals surface area contributed by atoms with Gasteiger partial charge < -0.3 is 10.1 Å². The molecule has 3 rings (SSSR count). The number of aromatic nitrogens is 3. The molecule has 0 fully saturated rings. The van der Waals surface area contributed by atoms with Crippen molar-refractivity contribution in [1.29, 1.82) is 0 Å². The van der Waals surface area contributed by atoms with Crippen molar-refractivity contribution in [3.8, 4) is 22.4 Å². The van der Waals surface area contributed by atoms with E-state index in [1.54, 1.807) is 16.0 Å². The van der Waals surface area contributed by atoms with Crippen LogP contribution in [0.25, 0.3) is 16.4 Å². The molecule has 130 valence electrons. The van der Waals surface area contributed by atoms with E-state index in [0.717, 1.165) is 22.1 Å². The average molecular weight is 356 g/mol. The number of hydrogen-bond donors (Lipinski definition) is 1. The largest absolute Gasteiger partial charge is 0.463 e. The van der Waals surface area contributed by atoms with Crippen molar-refractivity contribution >= 4 is 22.9 Å². The van der Waals surface area contributed by atoms with E-state index >= 15 is 0 Å². The zero-order chi connectivity index (χ0) is 17.8. The van der Waals surface area contributed by atoms with Crippen molar-refractivity contribution in [1.82, 2.24) is 14.8 Å². The Labute approximate surface area is 150 Å². The van der Waals surface area contributed by atoms with E-state index < -0.39 is 0 Å². The van der Waals surface area contributed by atoms with Gasteiger partial charge in [0.05, 0.1) is 17.2 Å². The number of carbonyl (C=O) groups excluding carboxylic acids is 1. The highest BCUT2D eigenvalue weighted by molar-refractivity contribution is 7.13. The predicted octanol–water partition coefficient (Wildman–Crippen LogP) is 3.99. The molecule has 0 aliphatic carbocycles. The first-order valence-electron chi connectivity index (χ1n) is 8.13. The number of ether oxygens (including phenoxy) is 1. The molecule has 0 saturated heterocycles. The van der Waals surface area contributed by atoms with Gasteiger partial charge in [-0.05, 0) is 42.6 Å². The standard InChI is InChI=1S/C18H20N4O2S/c1-4-24-18-20-16(15-6-5-11-25-15)22(21-18)14-9-7-13(8-10-14)19-17(23)12(2)3/h5-12H,4H2,1-3H3,(H,19,23). The summed E-state index contributed by atoms with van der Waals surface area (Å²) >= 11 is 1.60. The number of amides is 1. The monoisotopic (exact) mass is 356 g/mol. The zero-order valence-electron chi connectivity index (χ0n) is 14.4. The first kappa shape index (κ1) is 17.2. The first-order chi connectivity index (χ1) is 12.1. The molecule has 1 aromatic carbocycles. The maximum atomic E-state index is 11.8. The highest BCUT2D eigenvalue weighted by Crippen LogP contribution is 2.27. The smallest absolute Gasteiger partial charge is 0.336 e. The fourth-order valence-electron chi connectivity index (χ4n) is 2.20. The Kier molecular flexibility index (Phi) is 5.14. The van der Waals surface area contributed by atoms with E-state index in [-0.39, 0.29) is 11.8 Å². The minimum absolute atomic E-state index is 0.00795.